The van der Waals surface area contributed by atoms with E-state index in [0.29, 0.717) is 0 Å². The van der Waals surface area contributed by atoms with Gasteiger partial charge in [0.25, 0.3) is 0 Å². The molecule has 1 aromatic rings. The summed E-state index contributed by atoms with van der Waals surface area (Å²) in [7, 11) is -1.38. The van der Waals surface area contributed by atoms with Crippen LogP contribution in [0.1, 0.15) is 16.8 Å². The monoisotopic (exact) mass is 216 g/mol. The van der Waals surface area contributed by atoms with Gasteiger partial charge in [-0.05, 0) is 12.1 Å². The summed E-state index contributed by atoms with van der Waals surface area (Å²) in [5, 5.41) is 0. The molecular weight excluding hydrogens is 210 g/mol. The average Bonchev–Trinajstić information content (AvgIpc) is 2.15. The molecule has 0 saturated carbocycles. The Bertz CT molecular complexity index is 402. The zero-order valence-electron chi connectivity index (χ0n) is 7.05. The highest BCUT2D eigenvalue weighted by Crippen LogP contribution is 2.24. The molecule has 0 bridgehead atoms. The maximum Gasteiger partial charge on any atom is 0.165 e. The Labute approximate surface area is 81.4 Å². The van der Waals surface area contributed by atoms with Crippen molar-refractivity contribution in [3.8, 4) is 0 Å². The van der Waals surface area contributed by atoms with Gasteiger partial charge < -0.3 is 0 Å². The molecule has 0 radical (unpaired) electrons. The van der Waals surface area contributed by atoms with Crippen LogP contribution in [-0.2, 0) is 10.8 Å². The summed E-state index contributed by atoms with van der Waals surface area (Å²) in [6.45, 7) is 0. The van der Waals surface area contributed by atoms with Gasteiger partial charge in [-0.25, -0.2) is 8.78 Å². The van der Waals surface area contributed by atoms with Gasteiger partial charge in [-0.1, -0.05) is 0 Å². The number of Topliss-reactive ketones (excluding diaryl/α,β-unsaturated/α-hetero) is 1. The standard InChI is InChI=1S/C9H6F2O2S/c10-6-3-5-8(12)1-2-14(13)9(5)4-7(6)11/h3-4H,1-2H2. The summed E-state index contributed by atoms with van der Waals surface area (Å²) in [4.78, 5) is 11.4. The van der Waals surface area contributed by atoms with Gasteiger partial charge in [0.1, 0.15) is 0 Å². The minimum atomic E-state index is -1.38. The first-order valence-electron chi connectivity index (χ1n) is 4.00. The molecule has 1 heterocycles. The topological polar surface area (TPSA) is 34.1 Å². The second kappa shape index (κ2) is 3.24. The summed E-state index contributed by atoms with van der Waals surface area (Å²) in [6, 6.07) is 1.67. The van der Waals surface area contributed by atoms with E-state index in [9.17, 15) is 17.8 Å². The van der Waals surface area contributed by atoms with Crippen molar-refractivity contribution in [2.24, 2.45) is 0 Å². The lowest BCUT2D eigenvalue weighted by Gasteiger charge is -2.13. The second-order valence-electron chi connectivity index (χ2n) is 2.99. The second-order valence-corrected chi connectivity index (χ2v) is 4.52. The van der Waals surface area contributed by atoms with Gasteiger partial charge in [0.05, 0.1) is 15.7 Å². The number of carbonyl (C=O) groups excluding carboxylic acids is 1. The van der Waals surface area contributed by atoms with E-state index in [-0.39, 0.29) is 28.4 Å². The number of fused-ring (bicyclic) bond motifs is 1. The van der Waals surface area contributed by atoms with Gasteiger partial charge >= 0.3 is 0 Å². The predicted octanol–water partition coefficient (Wildman–Crippen LogP) is 1.66. The van der Waals surface area contributed by atoms with Crippen molar-refractivity contribution in [3.05, 3.63) is 29.3 Å². The zero-order valence-corrected chi connectivity index (χ0v) is 7.87. The number of carbonyl (C=O) groups is 1. The van der Waals surface area contributed by atoms with Crippen LogP contribution in [0.3, 0.4) is 0 Å². The molecule has 1 atom stereocenters. The molecule has 2 nitrogen and oxygen atoms in total. The van der Waals surface area contributed by atoms with Crippen LogP contribution >= 0.6 is 0 Å². The molecule has 2 rings (SSSR count). The van der Waals surface area contributed by atoms with Crippen LogP contribution in [0, 0.1) is 11.6 Å². The molecule has 0 aliphatic carbocycles. The van der Waals surface area contributed by atoms with Crippen molar-refractivity contribution in [2.75, 3.05) is 5.75 Å². The van der Waals surface area contributed by atoms with Crippen LogP contribution < -0.4 is 0 Å². The van der Waals surface area contributed by atoms with Gasteiger partial charge in [-0.2, -0.15) is 0 Å². The Morgan fingerprint density at radius 1 is 1.21 bits per heavy atom. The highest BCUT2D eigenvalue weighted by molar-refractivity contribution is 7.85. The summed E-state index contributed by atoms with van der Waals surface area (Å²) < 4.78 is 36.9. The van der Waals surface area contributed by atoms with E-state index in [2.05, 4.69) is 0 Å². The van der Waals surface area contributed by atoms with Gasteiger partial charge in [-0.15, -0.1) is 0 Å². The minimum Gasteiger partial charge on any atom is -0.294 e. The van der Waals surface area contributed by atoms with Crippen molar-refractivity contribution < 1.29 is 17.8 Å². The Balaban J connectivity index is 2.68. The van der Waals surface area contributed by atoms with Gasteiger partial charge in [0.2, 0.25) is 0 Å². The lowest BCUT2D eigenvalue weighted by atomic mass is 10.1. The van der Waals surface area contributed by atoms with Crippen molar-refractivity contribution >= 4 is 16.6 Å². The Morgan fingerprint density at radius 3 is 2.57 bits per heavy atom. The Morgan fingerprint density at radius 2 is 1.86 bits per heavy atom. The van der Waals surface area contributed by atoms with Crippen molar-refractivity contribution in [1.82, 2.24) is 0 Å². The van der Waals surface area contributed by atoms with E-state index in [1.807, 2.05) is 0 Å². The SMILES string of the molecule is O=C1CCS(=O)c2cc(F)c(F)cc21. The van der Waals surface area contributed by atoms with Crippen molar-refractivity contribution in [3.63, 3.8) is 0 Å². The summed E-state index contributed by atoms with van der Waals surface area (Å²) in [5.74, 6) is -2.22. The molecule has 1 aromatic carbocycles. The molecule has 5 heteroatoms. The fraction of sp³-hybridized carbons (Fsp3) is 0.222. The number of ketones is 1. The smallest absolute Gasteiger partial charge is 0.165 e. The highest BCUT2D eigenvalue weighted by Gasteiger charge is 2.24. The molecule has 14 heavy (non-hydrogen) atoms. The van der Waals surface area contributed by atoms with Gasteiger partial charge in [0, 0.05) is 17.7 Å². The maximum absolute atomic E-state index is 12.8. The molecule has 0 saturated heterocycles. The predicted molar refractivity (Wildman–Crippen MR) is 46.6 cm³/mol. The van der Waals surface area contributed by atoms with Crippen molar-refractivity contribution in [2.45, 2.75) is 11.3 Å². The third kappa shape index (κ3) is 1.37. The Hall–Kier alpha value is -1.10. The number of hydrogen-bond acceptors (Lipinski definition) is 2. The molecule has 0 N–H and O–H groups in total. The van der Waals surface area contributed by atoms with E-state index < -0.39 is 22.4 Å². The van der Waals surface area contributed by atoms with E-state index >= 15 is 0 Å². The third-order valence-corrected chi connectivity index (χ3v) is 3.49. The normalized spacial score (nSPS) is 20.7. The fourth-order valence-corrected chi connectivity index (χ4v) is 2.61. The van der Waals surface area contributed by atoms with Crippen LogP contribution in [0.5, 0.6) is 0 Å². The van der Waals surface area contributed by atoms with Gasteiger partial charge in [-0.3, -0.25) is 9.00 Å². The lowest BCUT2D eigenvalue weighted by molar-refractivity contribution is 0.0983. The Kier molecular flexibility index (Phi) is 2.19. The summed E-state index contributed by atoms with van der Waals surface area (Å²) in [6.07, 6.45) is 0.130. The molecule has 1 aliphatic rings. The largest absolute Gasteiger partial charge is 0.294 e. The molecule has 1 unspecified atom stereocenters. The number of hydrogen-bond donors (Lipinski definition) is 0. The quantitative estimate of drug-likeness (QED) is 0.661. The first-order chi connectivity index (χ1) is 6.59. The number of benzene rings is 1. The van der Waals surface area contributed by atoms with Crippen LogP contribution in [-0.4, -0.2) is 15.7 Å². The van der Waals surface area contributed by atoms with Crippen LogP contribution in [0.4, 0.5) is 8.78 Å². The van der Waals surface area contributed by atoms with E-state index in [1.54, 1.807) is 0 Å². The van der Waals surface area contributed by atoms with Gasteiger partial charge in [0.15, 0.2) is 17.4 Å². The maximum atomic E-state index is 12.8. The van der Waals surface area contributed by atoms with Crippen LogP contribution in [0.25, 0.3) is 0 Å². The fourth-order valence-electron chi connectivity index (χ4n) is 1.36. The number of halogens is 2. The van der Waals surface area contributed by atoms with Crippen LogP contribution in [0.2, 0.25) is 0 Å². The first kappa shape index (κ1) is 9.45. The molecule has 0 amide bonds. The molecular formula is C9H6F2O2S. The van der Waals surface area contributed by atoms with Crippen LogP contribution in [0.15, 0.2) is 17.0 Å². The molecule has 0 fully saturated rings. The molecule has 0 spiro atoms. The summed E-state index contributed by atoms with van der Waals surface area (Å²) >= 11 is 0. The molecule has 74 valence electrons. The number of rotatable bonds is 0. The highest BCUT2D eigenvalue weighted by atomic mass is 32.2. The van der Waals surface area contributed by atoms with Crippen molar-refractivity contribution in [1.29, 1.82) is 0 Å². The average molecular weight is 216 g/mol. The zero-order chi connectivity index (χ0) is 10.3. The molecule has 0 aromatic heterocycles. The first-order valence-corrected chi connectivity index (χ1v) is 5.32. The van der Waals surface area contributed by atoms with E-state index in [1.165, 1.54) is 0 Å². The molecule has 1 aliphatic heterocycles. The van der Waals surface area contributed by atoms with E-state index in [0.717, 1.165) is 12.1 Å². The summed E-state index contributed by atoms with van der Waals surface area (Å²) in [5.41, 5.74) is 0.0495. The van der Waals surface area contributed by atoms with E-state index in [4.69, 9.17) is 0 Å². The lowest BCUT2D eigenvalue weighted by Crippen LogP contribution is -2.17. The third-order valence-electron chi connectivity index (χ3n) is 2.08. The minimum absolute atomic E-state index is 0.0495.